The molecule has 3 rings (SSSR count). The van der Waals surface area contributed by atoms with Crippen LogP contribution in [-0.4, -0.2) is 16.3 Å². The summed E-state index contributed by atoms with van der Waals surface area (Å²) in [5.41, 5.74) is 3.16. The molecule has 0 bridgehead atoms. The second kappa shape index (κ2) is 5.75. The average Bonchev–Trinajstić information content (AvgIpc) is 3.14. The number of aromatic nitrogens is 2. The summed E-state index contributed by atoms with van der Waals surface area (Å²) in [5, 5.41) is 7.71. The van der Waals surface area contributed by atoms with Gasteiger partial charge in [0.1, 0.15) is 5.76 Å². The van der Waals surface area contributed by atoms with E-state index in [0.717, 1.165) is 35.8 Å². The van der Waals surface area contributed by atoms with Crippen LogP contribution in [0.4, 0.5) is 0 Å². The summed E-state index contributed by atoms with van der Waals surface area (Å²) in [6, 6.07) is 14.1. The van der Waals surface area contributed by atoms with E-state index in [1.165, 1.54) is 0 Å². The van der Waals surface area contributed by atoms with Crippen molar-refractivity contribution < 1.29 is 4.42 Å². The van der Waals surface area contributed by atoms with Crippen LogP contribution in [0.25, 0.3) is 16.9 Å². The lowest BCUT2D eigenvalue weighted by molar-refractivity contribution is 0.488. The third-order valence-electron chi connectivity index (χ3n) is 3.20. The van der Waals surface area contributed by atoms with E-state index < -0.39 is 0 Å². The maximum Gasteiger partial charge on any atom is 0.126 e. The molecule has 2 heterocycles. The molecule has 4 heteroatoms. The molecule has 4 nitrogen and oxygen atoms in total. The largest absolute Gasteiger partial charge is 0.467 e. The summed E-state index contributed by atoms with van der Waals surface area (Å²) in [5.74, 6) is 0.935. The molecule has 20 heavy (non-hydrogen) atoms. The standard InChI is InChI=1S/C16H17N3O/c1-2-17-12-16-14(9-11-20-16)15-8-10-18-19(15)13-6-4-3-5-7-13/h3-11,17H,2,12H2,1H3. The van der Waals surface area contributed by atoms with E-state index >= 15 is 0 Å². The van der Waals surface area contributed by atoms with Crippen LogP contribution >= 0.6 is 0 Å². The highest BCUT2D eigenvalue weighted by molar-refractivity contribution is 5.63. The predicted octanol–water partition coefficient (Wildman–Crippen LogP) is 3.24. The van der Waals surface area contributed by atoms with Crippen molar-refractivity contribution in [3.8, 4) is 16.9 Å². The molecule has 0 aliphatic rings. The first-order valence-electron chi connectivity index (χ1n) is 6.77. The minimum Gasteiger partial charge on any atom is -0.467 e. The van der Waals surface area contributed by atoms with E-state index in [-0.39, 0.29) is 0 Å². The van der Waals surface area contributed by atoms with E-state index in [2.05, 4.69) is 17.3 Å². The maximum absolute atomic E-state index is 5.58. The highest BCUT2D eigenvalue weighted by Crippen LogP contribution is 2.26. The van der Waals surface area contributed by atoms with Gasteiger partial charge < -0.3 is 9.73 Å². The van der Waals surface area contributed by atoms with Gasteiger partial charge in [-0.3, -0.25) is 0 Å². The highest BCUT2D eigenvalue weighted by Gasteiger charge is 2.13. The molecule has 2 aromatic heterocycles. The second-order valence-electron chi connectivity index (χ2n) is 4.50. The quantitative estimate of drug-likeness (QED) is 0.771. The van der Waals surface area contributed by atoms with Crippen LogP contribution in [0.3, 0.4) is 0 Å². The van der Waals surface area contributed by atoms with Crippen LogP contribution in [0.15, 0.2) is 59.3 Å². The molecule has 0 spiro atoms. The molecule has 1 aromatic carbocycles. The van der Waals surface area contributed by atoms with Crippen LogP contribution in [0.1, 0.15) is 12.7 Å². The van der Waals surface area contributed by atoms with Crippen molar-refractivity contribution in [1.29, 1.82) is 0 Å². The number of para-hydroxylation sites is 1. The van der Waals surface area contributed by atoms with Gasteiger partial charge in [-0.25, -0.2) is 4.68 Å². The smallest absolute Gasteiger partial charge is 0.126 e. The summed E-state index contributed by atoms with van der Waals surface area (Å²) in [7, 11) is 0. The zero-order valence-electron chi connectivity index (χ0n) is 11.4. The summed E-state index contributed by atoms with van der Waals surface area (Å²) in [6.07, 6.45) is 3.54. The molecule has 0 unspecified atom stereocenters. The highest BCUT2D eigenvalue weighted by atomic mass is 16.3. The van der Waals surface area contributed by atoms with Crippen molar-refractivity contribution in [2.24, 2.45) is 0 Å². The topological polar surface area (TPSA) is 43.0 Å². The lowest BCUT2D eigenvalue weighted by Gasteiger charge is -2.08. The molecule has 0 saturated heterocycles. The van der Waals surface area contributed by atoms with Crippen molar-refractivity contribution in [3.05, 3.63) is 60.7 Å². The van der Waals surface area contributed by atoms with Crippen molar-refractivity contribution >= 4 is 0 Å². The number of benzene rings is 1. The Morgan fingerprint density at radius 1 is 1.15 bits per heavy atom. The van der Waals surface area contributed by atoms with Gasteiger partial charge in [0.2, 0.25) is 0 Å². The van der Waals surface area contributed by atoms with Crippen molar-refractivity contribution in [2.45, 2.75) is 13.5 Å². The first-order chi connectivity index (χ1) is 9.90. The van der Waals surface area contributed by atoms with Gasteiger partial charge in [-0.1, -0.05) is 25.1 Å². The normalized spacial score (nSPS) is 10.8. The Labute approximate surface area is 118 Å². The lowest BCUT2D eigenvalue weighted by atomic mass is 10.1. The fraction of sp³-hybridized carbons (Fsp3) is 0.188. The first kappa shape index (κ1) is 12.7. The monoisotopic (exact) mass is 267 g/mol. The molecule has 0 aliphatic carbocycles. The molecule has 102 valence electrons. The molecule has 1 N–H and O–H groups in total. The third-order valence-corrected chi connectivity index (χ3v) is 3.20. The molecule has 0 amide bonds. The molecule has 0 aliphatic heterocycles. The minimum atomic E-state index is 0.721. The van der Waals surface area contributed by atoms with E-state index in [1.807, 2.05) is 53.3 Å². The molecule has 3 aromatic rings. The summed E-state index contributed by atoms with van der Waals surface area (Å²) < 4.78 is 7.51. The van der Waals surface area contributed by atoms with Crippen LogP contribution in [-0.2, 0) is 6.54 Å². The van der Waals surface area contributed by atoms with E-state index in [4.69, 9.17) is 4.42 Å². The number of furan rings is 1. The molecule has 0 radical (unpaired) electrons. The van der Waals surface area contributed by atoms with Gasteiger partial charge in [0.05, 0.1) is 30.4 Å². The van der Waals surface area contributed by atoms with Gasteiger partial charge >= 0.3 is 0 Å². The molecular formula is C16H17N3O. The molecule has 0 atom stereocenters. The molecular weight excluding hydrogens is 250 g/mol. The number of nitrogens with zero attached hydrogens (tertiary/aromatic N) is 2. The number of hydrogen-bond acceptors (Lipinski definition) is 3. The molecule has 0 fully saturated rings. The van der Waals surface area contributed by atoms with Gasteiger partial charge in [0.15, 0.2) is 0 Å². The van der Waals surface area contributed by atoms with Gasteiger partial charge in [0, 0.05) is 5.56 Å². The zero-order valence-corrected chi connectivity index (χ0v) is 11.4. The first-order valence-corrected chi connectivity index (χ1v) is 6.77. The predicted molar refractivity (Wildman–Crippen MR) is 78.6 cm³/mol. The van der Waals surface area contributed by atoms with E-state index in [1.54, 1.807) is 6.26 Å². The lowest BCUT2D eigenvalue weighted by Crippen LogP contribution is -2.12. The SMILES string of the molecule is CCNCc1occc1-c1ccnn1-c1ccccc1. The molecule has 0 saturated carbocycles. The van der Waals surface area contributed by atoms with Gasteiger partial charge in [-0.2, -0.15) is 5.10 Å². The Kier molecular flexibility index (Phi) is 3.65. The fourth-order valence-electron chi connectivity index (χ4n) is 2.23. The van der Waals surface area contributed by atoms with Crippen LogP contribution in [0, 0.1) is 0 Å². The van der Waals surface area contributed by atoms with Gasteiger partial charge in [-0.05, 0) is 30.8 Å². The van der Waals surface area contributed by atoms with Crippen LogP contribution in [0.2, 0.25) is 0 Å². The van der Waals surface area contributed by atoms with Crippen molar-refractivity contribution in [1.82, 2.24) is 15.1 Å². The fourth-order valence-corrected chi connectivity index (χ4v) is 2.23. The Balaban J connectivity index is 2.00. The van der Waals surface area contributed by atoms with Crippen LogP contribution < -0.4 is 5.32 Å². The number of rotatable bonds is 5. The summed E-state index contributed by atoms with van der Waals surface area (Å²) in [4.78, 5) is 0. The van der Waals surface area contributed by atoms with Crippen LogP contribution in [0.5, 0.6) is 0 Å². The Morgan fingerprint density at radius 2 is 2.00 bits per heavy atom. The maximum atomic E-state index is 5.58. The van der Waals surface area contributed by atoms with Crippen molar-refractivity contribution in [2.75, 3.05) is 6.54 Å². The Morgan fingerprint density at radius 3 is 2.80 bits per heavy atom. The minimum absolute atomic E-state index is 0.721. The third kappa shape index (κ3) is 2.38. The Hall–Kier alpha value is -2.33. The summed E-state index contributed by atoms with van der Waals surface area (Å²) >= 11 is 0. The second-order valence-corrected chi connectivity index (χ2v) is 4.50. The van der Waals surface area contributed by atoms with E-state index in [9.17, 15) is 0 Å². The van der Waals surface area contributed by atoms with E-state index in [0.29, 0.717) is 0 Å². The number of hydrogen-bond donors (Lipinski definition) is 1. The average molecular weight is 267 g/mol. The zero-order chi connectivity index (χ0) is 13.8. The van der Waals surface area contributed by atoms with Gasteiger partial charge in [-0.15, -0.1) is 0 Å². The van der Waals surface area contributed by atoms with Crippen molar-refractivity contribution in [3.63, 3.8) is 0 Å². The van der Waals surface area contributed by atoms with Gasteiger partial charge in [0.25, 0.3) is 0 Å². The summed E-state index contributed by atoms with van der Waals surface area (Å²) in [6.45, 7) is 3.72. The Bertz CT molecular complexity index is 670. The number of nitrogens with one attached hydrogen (secondary N) is 1.